The van der Waals surface area contributed by atoms with Crippen LogP contribution in [-0.4, -0.2) is 24.6 Å². The molecule has 0 saturated heterocycles. The minimum atomic E-state index is 0. The van der Waals surface area contributed by atoms with Crippen LogP contribution < -0.4 is 0 Å². The van der Waals surface area contributed by atoms with E-state index in [2.05, 4.69) is 68.7 Å². The van der Waals surface area contributed by atoms with Gasteiger partial charge in [0.2, 0.25) is 0 Å². The summed E-state index contributed by atoms with van der Waals surface area (Å²) in [7, 11) is 0. The van der Waals surface area contributed by atoms with Crippen molar-refractivity contribution in [2.45, 2.75) is 39.5 Å². The van der Waals surface area contributed by atoms with Crippen LogP contribution in [0.3, 0.4) is 0 Å². The molecule has 0 radical (unpaired) electrons. The van der Waals surface area contributed by atoms with Gasteiger partial charge in [-0.2, -0.15) is 0 Å². The quantitative estimate of drug-likeness (QED) is 0.191. The number of benzene rings is 3. The SMILES string of the molecule is CC(C)c1cccc(C(C)C)c1-n1c(-c2cccc(-c3ccc4oc5cccc(O)c5c4n3)n2)nc2ccccc21.[Pt]. The first-order valence-corrected chi connectivity index (χ1v) is 14.0. The average Bonchev–Trinajstić information content (AvgIpc) is 3.55. The van der Waals surface area contributed by atoms with Gasteiger partial charge in [0, 0.05) is 21.1 Å². The van der Waals surface area contributed by atoms with E-state index in [9.17, 15) is 5.11 Å². The Morgan fingerprint density at radius 2 is 1.31 bits per heavy atom. The molecule has 212 valence electrons. The predicted octanol–water partition coefficient (Wildman–Crippen LogP) is 9.00. The number of phenols is 1. The fourth-order valence-electron chi connectivity index (χ4n) is 5.71. The molecule has 0 fully saturated rings. The fraction of sp³-hybridized carbons (Fsp3) is 0.171. The minimum Gasteiger partial charge on any atom is -0.507 e. The summed E-state index contributed by atoms with van der Waals surface area (Å²) in [5.41, 5.74) is 9.69. The molecule has 7 aromatic rings. The molecular formula is C35H30N4O2Pt. The summed E-state index contributed by atoms with van der Waals surface area (Å²) >= 11 is 0. The molecule has 0 unspecified atom stereocenters. The maximum Gasteiger partial charge on any atom is 0.164 e. The van der Waals surface area contributed by atoms with Crippen LogP contribution in [0, 0.1) is 0 Å². The monoisotopic (exact) mass is 733 g/mol. The van der Waals surface area contributed by atoms with Gasteiger partial charge in [-0.15, -0.1) is 0 Å². The summed E-state index contributed by atoms with van der Waals surface area (Å²) in [4.78, 5) is 15.1. The summed E-state index contributed by atoms with van der Waals surface area (Å²) in [6.07, 6.45) is 0. The van der Waals surface area contributed by atoms with E-state index in [1.807, 2.05) is 42.5 Å². The number of imidazole rings is 1. The Morgan fingerprint density at radius 1 is 0.643 bits per heavy atom. The molecule has 0 spiro atoms. The van der Waals surface area contributed by atoms with Crippen molar-refractivity contribution in [1.82, 2.24) is 19.5 Å². The van der Waals surface area contributed by atoms with Gasteiger partial charge in [0.25, 0.3) is 0 Å². The average molecular weight is 734 g/mol. The maximum absolute atomic E-state index is 10.5. The summed E-state index contributed by atoms with van der Waals surface area (Å²) < 4.78 is 8.20. The van der Waals surface area contributed by atoms with E-state index in [1.165, 1.54) is 16.8 Å². The van der Waals surface area contributed by atoms with Gasteiger partial charge in [0.1, 0.15) is 22.5 Å². The number of rotatable bonds is 5. The number of hydrogen-bond donors (Lipinski definition) is 1. The molecule has 7 heteroatoms. The van der Waals surface area contributed by atoms with Crippen LogP contribution in [-0.2, 0) is 21.1 Å². The Morgan fingerprint density at radius 3 is 2.07 bits per heavy atom. The Kier molecular flexibility index (Phi) is 7.20. The van der Waals surface area contributed by atoms with E-state index in [1.54, 1.807) is 12.1 Å². The van der Waals surface area contributed by atoms with Crippen molar-refractivity contribution in [3.63, 3.8) is 0 Å². The first-order valence-electron chi connectivity index (χ1n) is 14.0. The van der Waals surface area contributed by atoms with E-state index in [-0.39, 0.29) is 26.8 Å². The van der Waals surface area contributed by atoms with Gasteiger partial charge in [-0.3, -0.25) is 4.57 Å². The number of furan rings is 1. The Balaban J connectivity index is 0.00000316. The van der Waals surface area contributed by atoms with Gasteiger partial charge >= 0.3 is 0 Å². The zero-order chi connectivity index (χ0) is 28.2. The molecule has 42 heavy (non-hydrogen) atoms. The topological polar surface area (TPSA) is 77.0 Å². The summed E-state index contributed by atoms with van der Waals surface area (Å²) in [5.74, 6) is 1.59. The molecular weight excluding hydrogens is 703 g/mol. The van der Waals surface area contributed by atoms with Gasteiger partial charge < -0.3 is 9.52 Å². The molecule has 0 bridgehead atoms. The van der Waals surface area contributed by atoms with Crippen LogP contribution in [0.5, 0.6) is 5.75 Å². The van der Waals surface area contributed by atoms with Crippen LogP contribution in [0.15, 0.2) is 95.4 Å². The molecule has 4 aromatic heterocycles. The Hall–Kier alpha value is -4.28. The van der Waals surface area contributed by atoms with Crippen LogP contribution in [0.1, 0.15) is 50.7 Å². The number of para-hydroxylation sites is 3. The molecule has 7 rings (SSSR count). The molecule has 1 N–H and O–H groups in total. The van der Waals surface area contributed by atoms with E-state index in [0.29, 0.717) is 45.3 Å². The normalized spacial score (nSPS) is 11.7. The van der Waals surface area contributed by atoms with Gasteiger partial charge in [-0.25, -0.2) is 15.0 Å². The number of pyridine rings is 2. The van der Waals surface area contributed by atoms with Crippen molar-refractivity contribution in [3.05, 3.63) is 102 Å². The van der Waals surface area contributed by atoms with Gasteiger partial charge in [-0.05, 0) is 71.5 Å². The van der Waals surface area contributed by atoms with Gasteiger partial charge in [0.05, 0.1) is 33.5 Å². The third-order valence-electron chi connectivity index (χ3n) is 7.69. The van der Waals surface area contributed by atoms with Crippen LogP contribution in [0.25, 0.3) is 61.7 Å². The molecule has 0 aliphatic carbocycles. The van der Waals surface area contributed by atoms with Crippen molar-refractivity contribution in [3.8, 4) is 34.3 Å². The molecule has 6 nitrogen and oxygen atoms in total. The van der Waals surface area contributed by atoms with Gasteiger partial charge in [-0.1, -0.05) is 70.2 Å². The summed E-state index contributed by atoms with van der Waals surface area (Å²) in [5, 5.41) is 11.1. The third kappa shape index (κ3) is 4.51. The second-order valence-corrected chi connectivity index (χ2v) is 11.1. The first kappa shape index (κ1) is 27.9. The first-order chi connectivity index (χ1) is 19.9. The minimum absolute atomic E-state index is 0. The zero-order valence-corrected chi connectivity index (χ0v) is 26.0. The number of aromatic hydroxyl groups is 1. The van der Waals surface area contributed by atoms with Crippen molar-refractivity contribution < 1.29 is 30.6 Å². The molecule has 0 atom stereocenters. The predicted molar refractivity (Wildman–Crippen MR) is 165 cm³/mol. The maximum atomic E-state index is 10.5. The number of nitrogens with zero attached hydrogens (tertiary/aromatic N) is 4. The van der Waals surface area contributed by atoms with Crippen molar-refractivity contribution in [1.29, 1.82) is 0 Å². The molecule has 0 aliphatic rings. The van der Waals surface area contributed by atoms with Gasteiger partial charge in [0.15, 0.2) is 11.4 Å². The smallest absolute Gasteiger partial charge is 0.164 e. The summed E-state index contributed by atoms with van der Waals surface area (Å²) in [6, 6.07) is 29.9. The van der Waals surface area contributed by atoms with E-state index in [4.69, 9.17) is 19.4 Å². The number of fused-ring (bicyclic) bond motifs is 4. The van der Waals surface area contributed by atoms with Crippen molar-refractivity contribution >= 4 is 33.1 Å². The third-order valence-corrected chi connectivity index (χ3v) is 7.69. The molecule has 3 aromatic carbocycles. The molecule has 4 heterocycles. The van der Waals surface area contributed by atoms with Crippen molar-refractivity contribution in [2.24, 2.45) is 0 Å². The standard InChI is InChI=1S/C35H30N4O2.Pt/c1-20(2)22-10-7-11-23(21(3)4)34(22)39-28-15-6-5-12-26(28)38-35(39)27-14-8-13-24(36-27)25-18-19-31-33(37-25)32-29(40)16-9-17-30(32)41-31;/h5-21,40H,1-4H3;. The molecule has 0 aliphatic heterocycles. The van der Waals surface area contributed by atoms with Crippen LogP contribution in [0.2, 0.25) is 0 Å². The second kappa shape index (κ2) is 10.8. The fourth-order valence-corrected chi connectivity index (χ4v) is 5.71. The Bertz CT molecular complexity index is 2060. The van der Waals surface area contributed by atoms with Crippen LogP contribution in [0.4, 0.5) is 0 Å². The molecule has 0 saturated carbocycles. The largest absolute Gasteiger partial charge is 0.507 e. The molecule has 0 amide bonds. The second-order valence-electron chi connectivity index (χ2n) is 11.1. The Labute approximate surface area is 258 Å². The number of hydrogen-bond acceptors (Lipinski definition) is 5. The van der Waals surface area contributed by atoms with Crippen LogP contribution >= 0.6 is 0 Å². The number of phenolic OH excluding ortho intramolecular Hbond substituents is 1. The van der Waals surface area contributed by atoms with E-state index < -0.39 is 0 Å². The van der Waals surface area contributed by atoms with E-state index >= 15 is 0 Å². The zero-order valence-electron chi connectivity index (χ0n) is 23.8. The number of aromatic nitrogens is 4. The summed E-state index contributed by atoms with van der Waals surface area (Å²) in [6.45, 7) is 8.94. The van der Waals surface area contributed by atoms with E-state index in [0.717, 1.165) is 22.6 Å². The van der Waals surface area contributed by atoms with Crippen molar-refractivity contribution in [2.75, 3.05) is 0 Å².